The molecule has 0 radical (unpaired) electrons. The summed E-state index contributed by atoms with van der Waals surface area (Å²) >= 11 is 7.83. The van der Waals surface area contributed by atoms with Crippen LogP contribution in [0.15, 0.2) is 60.7 Å². The van der Waals surface area contributed by atoms with Gasteiger partial charge in [-0.2, -0.15) is 0 Å². The molecule has 7 heteroatoms. The molecule has 4 aromatic rings. The van der Waals surface area contributed by atoms with E-state index in [1.54, 1.807) is 4.90 Å². The van der Waals surface area contributed by atoms with Crippen LogP contribution in [0.5, 0.6) is 0 Å². The molecule has 1 amide bonds. The average molecular weight is 460 g/mol. The molecule has 0 fully saturated rings. The molecule has 156 valence electrons. The summed E-state index contributed by atoms with van der Waals surface area (Å²) in [5.74, 6) is -0.0317. The summed E-state index contributed by atoms with van der Waals surface area (Å²) in [6.07, 6.45) is 0.854. The molecule has 0 N–H and O–H groups in total. The van der Waals surface area contributed by atoms with Gasteiger partial charge < -0.3 is 4.90 Å². The Labute approximate surface area is 191 Å². The largest absolute Gasteiger partial charge is 0.309 e. The third kappa shape index (κ3) is 4.60. The van der Waals surface area contributed by atoms with Gasteiger partial charge in [-0.25, -0.2) is 4.98 Å². The van der Waals surface area contributed by atoms with Gasteiger partial charge in [-0.1, -0.05) is 65.4 Å². The lowest BCUT2D eigenvalue weighted by Crippen LogP contribution is -2.33. The third-order valence-electron chi connectivity index (χ3n) is 4.84. The zero-order chi connectivity index (χ0) is 20.4. The summed E-state index contributed by atoms with van der Waals surface area (Å²) in [5.41, 5.74) is 1.44. The number of hydrogen-bond acceptors (Lipinski definition) is 4. The van der Waals surface area contributed by atoms with E-state index < -0.39 is 0 Å². The van der Waals surface area contributed by atoms with Crippen LogP contribution in [0.3, 0.4) is 0 Å². The fourth-order valence-corrected chi connectivity index (χ4v) is 4.69. The van der Waals surface area contributed by atoms with Gasteiger partial charge in [0.2, 0.25) is 0 Å². The molecular weight excluding hydrogens is 437 g/mol. The number of carbonyl (C=O) groups excluding carboxylic acids is 1. The van der Waals surface area contributed by atoms with Crippen molar-refractivity contribution in [2.24, 2.45) is 0 Å². The first-order chi connectivity index (χ1) is 14.0. The van der Waals surface area contributed by atoms with Crippen LogP contribution in [0.2, 0.25) is 5.02 Å². The van der Waals surface area contributed by atoms with E-state index in [-0.39, 0.29) is 18.3 Å². The first-order valence-electron chi connectivity index (χ1n) is 9.54. The van der Waals surface area contributed by atoms with Crippen LogP contribution in [-0.4, -0.2) is 43.0 Å². The lowest BCUT2D eigenvalue weighted by molar-refractivity contribution is 0.0987. The molecule has 4 rings (SSSR count). The molecule has 0 aliphatic rings. The lowest BCUT2D eigenvalue weighted by Gasteiger charge is -2.21. The third-order valence-corrected chi connectivity index (χ3v) is 6.19. The molecule has 0 saturated heterocycles. The molecule has 0 unspecified atom stereocenters. The van der Waals surface area contributed by atoms with E-state index >= 15 is 0 Å². The minimum atomic E-state index is -0.0317. The molecule has 3 aromatic carbocycles. The van der Waals surface area contributed by atoms with Crippen molar-refractivity contribution in [1.29, 1.82) is 0 Å². The van der Waals surface area contributed by atoms with Crippen LogP contribution >= 0.6 is 35.3 Å². The van der Waals surface area contributed by atoms with Crippen molar-refractivity contribution in [3.05, 3.63) is 71.2 Å². The summed E-state index contributed by atoms with van der Waals surface area (Å²) in [6, 6.07) is 19.6. The van der Waals surface area contributed by atoms with E-state index in [0.717, 1.165) is 34.0 Å². The first kappa shape index (κ1) is 22.5. The van der Waals surface area contributed by atoms with E-state index in [0.29, 0.717) is 22.3 Å². The van der Waals surface area contributed by atoms with Crippen molar-refractivity contribution < 1.29 is 4.79 Å². The Morgan fingerprint density at radius 3 is 2.50 bits per heavy atom. The number of para-hydroxylation sites is 1. The molecule has 0 atom stereocenters. The monoisotopic (exact) mass is 459 g/mol. The van der Waals surface area contributed by atoms with Crippen molar-refractivity contribution in [3.63, 3.8) is 0 Å². The second-order valence-electron chi connectivity index (χ2n) is 7.22. The Morgan fingerprint density at radius 2 is 1.73 bits per heavy atom. The van der Waals surface area contributed by atoms with Crippen molar-refractivity contribution >= 4 is 67.4 Å². The second-order valence-corrected chi connectivity index (χ2v) is 8.64. The first-order valence-corrected chi connectivity index (χ1v) is 10.7. The number of carbonyl (C=O) groups is 1. The molecule has 4 nitrogen and oxygen atoms in total. The highest BCUT2D eigenvalue weighted by atomic mass is 35.5. The number of halogens is 2. The minimum Gasteiger partial charge on any atom is -0.309 e. The summed E-state index contributed by atoms with van der Waals surface area (Å²) in [7, 11) is 4.07. The molecule has 0 aliphatic carbocycles. The van der Waals surface area contributed by atoms with Gasteiger partial charge >= 0.3 is 0 Å². The van der Waals surface area contributed by atoms with Crippen LogP contribution in [0, 0.1) is 0 Å². The number of nitrogens with zero attached hydrogens (tertiary/aromatic N) is 3. The number of aromatic nitrogens is 1. The molecule has 1 heterocycles. The van der Waals surface area contributed by atoms with E-state index in [1.165, 1.54) is 11.3 Å². The lowest BCUT2D eigenvalue weighted by atomic mass is 10.0. The number of anilines is 1. The van der Waals surface area contributed by atoms with Gasteiger partial charge in [0, 0.05) is 12.1 Å². The molecule has 0 spiro atoms. The predicted molar refractivity (Wildman–Crippen MR) is 131 cm³/mol. The minimum absolute atomic E-state index is 0. The number of hydrogen-bond donors (Lipinski definition) is 0. The Bertz CT molecular complexity index is 1170. The summed E-state index contributed by atoms with van der Waals surface area (Å²) in [6.45, 7) is 1.49. The quantitative estimate of drug-likeness (QED) is 0.348. The highest BCUT2D eigenvalue weighted by Crippen LogP contribution is 2.34. The van der Waals surface area contributed by atoms with Crippen LogP contribution in [0.4, 0.5) is 5.13 Å². The van der Waals surface area contributed by atoms with Gasteiger partial charge in [-0.3, -0.25) is 9.69 Å². The van der Waals surface area contributed by atoms with E-state index in [2.05, 4.69) is 4.90 Å². The van der Waals surface area contributed by atoms with Crippen molar-refractivity contribution in [3.8, 4) is 0 Å². The van der Waals surface area contributed by atoms with E-state index in [1.807, 2.05) is 74.8 Å². The number of thiazole rings is 1. The highest BCUT2D eigenvalue weighted by molar-refractivity contribution is 7.22. The van der Waals surface area contributed by atoms with Crippen molar-refractivity contribution in [2.45, 2.75) is 6.42 Å². The fourth-order valence-electron chi connectivity index (χ4n) is 3.41. The summed E-state index contributed by atoms with van der Waals surface area (Å²) in [5, 5.41) is 3.30. The zero-order valence-corrected chi connectivity index (χ0v) is 19.2. The van der Waals surface area contributed by atoms with Crippen molar-refractivity contribution in [1.82, 2.24) is 9.88 Å². The summed E-state index contributed by atoms with van der Waals surface area (Å²) < 4.78 is 0.982. The smallest absolute Gasteiger partial charge is 0.260 e. The Morgan fingerprint density at radius 1 is 1.00 bits per heavy atom. The van der Waals surface area contributed by atoms with Crippen LogP contribution in [0.1, 0.15) is 16.8 Å². The highest BCUT2D eigenvalue weighted by Gasteiger charge is 2.23. The Kier molecular flexibility index (Phi) is 7.32. The van der Waals surface area contributed by atoms with E-state index in [9.17, 15) is 4.79 Å². The standard InChI is InChI=1S/C23H22ClN3OS.ClH/c1-26(2)14-7-15-27(23-25-21-19(24)12-6-13-20(21)29-23)22(28)18-11-5-9-16-8-3-4-10-17(16)18;/h3-6,8-13H,7,14-15H2,1-2H3;1H. The number of benzene rings is 3. The maximum Gasteiger partial charge on any atom is 0.260 e. The molecular formula is C23H23Cl2N3OS. The summed E-state index contributed by atoms with van der Waals surface area (Å²) in [4.78, 5) is 22.3. The van der Waals surface area contributed by atoms with Crippen LogP contribution < -0.4 is 4.90 Å². The van der Waals surface area contributed by atoms with Gasteiger partial charge in [0.05, 0.1) is 9.72 Å². The predicted octanol–water partition coefficient (Wildman–Crippen LogP) is 6.12. The number of rotatable bonds is 6. The van der Waals surface area contributed by atoms with Gasteiger partial charge in [0.15, 0.2) is 5.13 Å². The second kappa shape index (κ2) is 9.75. The average Bonchev–Trinajstić information content (AvgIpc) is 3.15. The SMILES string of the molecule is CN(C)CCCN(C(=O)c1cccc2ccccc12)c1nc2c(Cl)cccc2s1.Cl. The van der Waals surface area contributed by atoms with Crippen LogP contribution in [-0.2, 0) is 0 Å². The molecule has 30 heavy (non-hydrogen) atoms. The van der Waals surface area contributed by atoms with Gasteiger partial charge in [-0.05, 0) is 56.0 Å². The molecule has 0 saturated carbocycles. The normalized spacial score (nSPS) is 11.1. The molecule has 0 aliphatic heterocycles. The van der Waals surface area contributed by atoms with Gasteiger partial charge in [0.25, 0.3) is 5.91 Å². The fraction of sp³-hybridized carbons (Fsp3) is 0.217. The maximum absolute atomic E-state index is 13.6. The Balaban J connectivity index is 0.00000256. The molecule has 1 aromatic heterocycles. The zero-order valence-electron chi connectivity index (χ0n) is 16.8. The number of amides is 1. The molecule has 0 bridgehead atoms. The Hall–Kier alpha value is -2.18. The van der Waals surface area contributed by atoms with Crippen molar-refractivity contribution in [2.75, 3.05) is 32.1 Å². The maximum atomic E-state index is 13.6. The van der Waals surface area contributed by atoms with Crippen LogP contribution in [0.25, 0.3) is 21.0 Å². The van der Waals surface area contributed by atoms with Gasteiger partial charge in [-0.15, -0.1) is 12.4 Å². The topological polar surface area (TPSA) is 36.4 Å². The van der Waals surface area contributed by atoms with Gasteiger partial charge in [0.1, 0.15) is 5.52 Å². The number of fused-ring (bicyclic) bond motifs is 2. The van der Waals surface area contributed by atoms with E-state index in [4.69, 9.17) is 16.6 Å².